The molecule has 0 aliphatic rings. The molecule has 0 radical (unpaired) electrons. The smallest absolute Gasteiger partial charge is 0.304 e. The van der Waals surface area contributed by atoms with E-state index in [1.165, 1.54) is 0 Å². The van der Waals surface area contributed by atoms with Gasteiger partial charge in [0.05, 0.1) is 6.10 Å². The van der Waals surface area contributed by atoms with Gasteiger partial charge in [-0.2, -0.15) is 0 Å². The third kappa shape index (κ3) is 10.6. The third-order valence-electron chi connectivity index (χ3n) is 0.899. The summed E-state index contributed by atoms with van der Waals surface area (Å²) >= 11 is 0. The number of nitro groups is 1. The second-order valence-electron chi connectivity index (χ2n) is 2.39. The van der Waals surface area contributed by atoms with Crippen molar-refractivity contribution < 1.29 is 14.6 Å². The van der Waals surface area contributed by atoms with Gasteiger partial charge < -0.3 is 16.3 Å². The summed E-state index contributed by atoms with van der Waals surface area (Å²) < 4.78 is 4.71. The number of ether oxygens (including phenoxy) is 1. The number of hydrogen-bond donors (Lipinski definition) is 1. The van der Waals surface area contributed by atoms with Crippen LogP contribution in [0.2, 0.25) is 0 Å². The summed E-state index contributed by atoms with van der Waals surface area (Å²) in [6, 6.07) is 0. The number of carbonyl (C=O) groups excluding carboxylic acids is 1. The molecule has 0 rings (SSSR count). The Morgan fingerprint density at radius 1 is 1.62 bits per heavy atom. The molecule has 0 saturated heterocycles. The molecule has 0 aromatic rings. The number of rotatable bonds is 5. The predicted molar refractivity (Wildman–Crippen MR) is 47.1 cm³/mol. The van der Waals surface area contributed by atoms with E-state index in [9.17, 15) is 14.9 Å². The normalized spacial score (nSPS) is 8.85. The molecule has 13 heavy (non-hydrogen) atoms. The Kier molecular flexibility index (Phi) is 7.94. The van der Waals surface area contributed by atoms with E-state index < -0.39 is 11.0 Å². The number of esters is 1. The summed E-state index contributed by atoms with van der Waals surface area (Å²) in [6.45, 7) is 3.30. The molecule has 0 spiro atoms. The van der Waals surface area contributed by atoms with Gasteiger partial charge in [-0.05, 0) is 18.9 Å². The summed E-state index contributed by atoms with van der Waals surface area (Å²) in [5.74, 6) is -0.462. The number of quaternary nitrogens is 1. The Balaban J connectivity index is 0. The van der Waals surface area contributed by atoms with Gasteiger partial charge >= 0.3 is 5.97 Å². The molecule has 7 nitrogen and oxygen atoms in total. The summed E-state index contributed by atoms with van der Waals surface area (Å²) in [4.78, 5) is 20.4. The van der Waals surface area contributed by atoms with E-state index in [1.54, 1.807) is 13.8 Å². The molecular formula is C6H15N3O4. The third-order valence-corrected chi connectivity index (χ3v) is 0.899. The van der Waals surface area contributed by atoms with Gasteiger partial charge in [-0.1, -0.05) is 6.54 Å². The van der Waals surface area contributed by atoms with Gasteiger partial charge in [-0.15, -0.1) is 0 Å². The van der Waals surface area contributed by atoms with Crippen molar-refractivity contribution >= 4 is 5.97 Å². The van der Waals surface area contributed by atoms with Gasteiger partial charge in [0.15, 0.2) is 0 Å². The van der Waals surface area contributed by atoms with E-state index in [4.69, 9.17) is 4.74 Å². The minimum atomic E-state index is -0.817. The van der Waals surface area contributed by atoms with Gasteiger partial charge in [0.1, 0.15) is 0 Å². The van der Waals surface area contributed by atoms with E-state index in [-0.39, 0.29) is 25.2 Å². The van der Waals surface area contributed by atoms with Crippen molar-refractivity contribution in [3.8, 4) is 0 Å². The van der Waals surface area contributed by atoms with Gasteiger partial charge in [-0.25, -0.2) is 0 Å². The molecule has 0 bridgehead atoms. The van der Waals surface area contributed by atoms with Gasteiger partial charge in [0, 0.05) is 6.42 Å². The van der Waals surface area contributed by atoms with Crippen LogP contribution in [0.25, 0.3) is 5.43 Å². The van der Waals surface area contributed by atoms with Crippen LogP contribution >= 0.6 is 0 Å². The highest BCUT2D eigenvalue weighted by Crippen LogP contribution is 1.96. The molecule has 0 atom stereocenters. The molecule has 0 unspecified atom stereocenters. The van der Waals surface area contributed by atoms with Crippen LogP contribution in [0.5, 0.6) is 0 Å². The van der Waals surface area contributed by atoms with Crippen LogP contribution in [0.3, 0.4) is 0 Å². The first-order valence-corrected chi connectivity index (χ1v) is 3.53. The van der Waals surface area contributed by atoms with Crippen molar-refractivity contribution in [2.45, 2.75) is 26.4 Å². The number of nitrogens with zero attached hydrogens (tertiary/aromatic N) is 2. The molecule has 0 aliphatic carbocycles. The van der Waals surface area contributed by atoms with Gasteiger partial charge in [0.25, 0.3) is 0 Å². The Bertz CT molecular complexity index is 171. The first-order chi connectivity index (χ1) is 5.52. The molecule has 0 aromatic heterocycles. The SMILES string of the molecule is CC(C)OC(=O)CC[N-][N+](=O)[O-].[NH4+]. The fourth-order valence-corrected chi connectivity index (χ4v) is 0.545. The van der Waals surface area contributed by atoms with Gasteiger partial charge in [-0.3, -0.25) is 14.9 Å². The Labute approximate surface area is 76.1 Å². The van der Waals surface area contributed by atoms with E-state index in [0.717, 1.165) is 0 Å². The van der Waals surface area contributed by atoms with Gasteiger partial charge in [0.2, 0.25) is 0 Å². The highest BCUT2D eigenvalue weighted by molar-refractivity contribution is 5.69. The lowest BCUT2D eigenvalue weighted by Gasteiger charge is -2.10. The molecule has 0 aliphatic heterocycles. The quantitative estimate of drug-likeness (QED) is 0.401. The summed E-state index contributed by atoms with van der Waals surface area (Å²) in [5, 5.41) is 8.87. The Morgan fingerprint density at radius 2 is 2.15 bits per heavy atom. The van der Waals surface area contributed by atoms with E-state index >= 15 is 0 Å². The molecule has 4 N–H and O–H groups in total. The standard InChI is InChI=1S/C6H11N2O4.H3N/c1-5(2)12-6(9)3-4-7-8(10)11;/h5H,3-4H2,1-2H3;1H3/q-1;/p+1. The molecule has 0 heterocycles. The average Bonchev–Trinajstić information content (AvgIpc) is 1.84. The predicted octanol–water partition coefficient (Wildman–Crippen LogP) is 1.27. The zero-order valence-corrected chi connectivity index (χ0v) is 8.02. The zero-order chi connectivity index (χ0) is 9.56. The average molecular weight is 193 g/mol. The van der Waals surface area contributed by atoms with Crippen LogP contribution in [0.4, 0.5) is 0 Å². The van der Waals surface area contributed by atoms with Crippen molar-refractivity contribution in [2.24, 2.45) is 0 Å². The molecule has 0 amide bonds. The maximum absolute atomic E-state index is 10.7. The van der Waals surface area contributed by atoms with Crippen LogP contribution < -0.4 is 6.15 Å². The number of carbonyl (C=O) groups is 1. The summed E-state index contributed by atoms with van der Waals surface area (Å²) in [7, 11) is 0. The summed E-state index contributed by atoms with van der Waals surface area (Å²) in [6.07, 6.45) is -0.229. The molecular weight excluding hydrogens is 178 g/mol. The van der Waals surface area contributed by atoms with Crippen LogP contribution in [-0.2, 0) is 9.53 Å². The van der Waals surface area contributed by atoms with Crippen molar-refractivity contribution in [3.63, 3.8) is 0 Å². The largest absolute Gasteiger partial charge is 0.463 e. The van der Waals surface area contributed by atoms with Crippen LogP contribution in [0.1, 0.15) is 20.3 Å². The fourth-order valence-electron chi connectivity index (χ4n) is 0.545. The molecule has 0 aromatic carbocycles. The first-order valence-electron chi connectivity index (χ1n) is 3.53. The second kappa shape index (κ2) is 7.29. The van der Waals surface area contributed by atoms with E-state index in [1.807, 2.05) is 0 Å². The highest BCUT2D eigenvalue weighted by Gasteiger charge is 2.02. The minimum Gasteiger partial charge on any atom is -0.463 e. The summed E-state index contributed by atoms with van der Waals surface area (Å²) in [5.41, 5.74) is 2.89. The monoisotopic (exact) mass is 193 g/mol. The molecule has 0 fully saturated rings. The maximum atomic E-state index is 10.7. The molecule has 0 saturated carbocycles. The van der Waals surface area contributed by atoms with Crippen molar-refractivity contribution in [1.29, 1.82) is 0 Å². The Hall–Kier alpha value is -1.37. The van der Waals surface area contributed by atoms with E-state index in [2.05, 4.69) is 5.43 Å². The van der Waals surface area contributed by atoms with Crippen molar-refractivity contribution in [3.05, 3.63) is 15.5 Å². The van der Waals surface area contributed by atoms with Crippen LogP contribution in [0.15, 0.2) is 0 Å². The highest BCUT2D eigenvalue weighted by atomic mass is 16.7. The van der Waals surface area contributed by atoms with Crippen molar-refractivity contribution in [2.75, 3.05) is 6.54 Å². The molecule has 7 heteroatoms. The van der Waals surface area contributed by atoms with Crippen LogP contribution in [-0.4, -0.2) is 23.7 Å². The first kappa shape index (κ1) is 14.2. The van der Waals surface area contributed by atoms with Crippen molar-refractivity contribution in [1.82, 2.24) is 6.15 Å². The second-order valence-corrected chi connectivity index (χ2v) is 2.39. The Morgan fingerprint density at radius 3 is 2.54 bits per heavy atom. The number of hydrogen-bond acceptors (Lipinski definition) is 4. The lowest BCUT2D eigenvalue weighted by atomic mass is 10.4. The fraction of sp³-hybridized carbons (Fsp3) is 0.833. The molecule has 78 valence electrons. The lowest BCUT2D eigenvalue weighted by Crippen LogP contribution is -2.12. The minimum absolute atomic E-state index is 0. The van der Waals surface area contributed by atoms with E-state index in [0.29, 0.717) is 0 Å². The zero-order valence-electron chi connectivity index (χ0n) is 8.02. The maximum Gasteiger partial charge on any atom is 0.304 e. The lowest BCUT2D eigenvalue weighted by molar-refractivity contribution is -0.426. The van der Waals surface area contributed by atoms with Crippen LogP contribution in [0, 0.1) is 10.1 Å². The topological polar surface area (TPSA) is 120 Å².